The number of halogens is 2. The van der Waals surface area contributed by atoms with E-state index >= 15 is 0 Å². The highest BCUT2D eigenvalue weighted by molar-refractivity contribution is 5.60. The zero-order valence-electron chi connectivity index (χ0n) is 14.9. The van der Waals surface area contributed by atoms with Crippen molar-refractivity contribution in [1.29, 1.82) is 0 Å². The fraction of sp³-hybridized carbons (Fsp3) is 0.222. The number of benzene rings is 2. The van der Waals surface area contributed by atoms with Gasteiger partial charge in [-0.05, 0) is 62.4 Å². The van der Waals surface area contributed by atoms with Crippen LogP contribution in [0.3, 0.4) is 0 Å². The summed E-state index contributed by atoms with van der Waals surface area (Å²) in [4.78, 5) is 17.8. The smallest absolute Gasteiger partial charge is 0.296 e. The molecule has 0 saturated heterocycles. The molecule has 2 aromatic carbocycles. The molecule has 0 heterocycles. The summed E-state index contributed by atoms with van der Waals surface area (Å²) in [6.45, 7) is 1.94. The summed E-state index contributed by atoms with van der Waals surface area (Å²) in [6, 6.07) is 15.9. The number of hydrogen-bond acceptors (Lipinski definition) is 6. The molecule has 26 heavy (non-hydrogen) atoms. The number of carbonyl (C=O) groups is 2. The lowest BCUT2D eigenvalue weighted by molar-refractivity contribution is -0.328. The van der Waals surface area contributed by atoms with Crippen LogP contribution < -0.4 is 64.9 Å². The highest BCUT2D eigenvalue weighted by Crippen LogP contribution is 2.06. The highest BCUT2D eigenvalue weighted by Gasteiger charge is 1.94. The minimum absolute atomic E-state index is 0.919. The molecule has 6 nitrogen and oxygen atoms in total. The van der Waals surface area contributed by atoms with Crippen molar-refractivity contribution in [2.45, 2.75) is 13.8 Å². The van der Waals surface area contributed by atoms with Gasteiger partial charge in [-0.3, -0.25) is 0 Å². The molecule has 0 saturated carbocycles. The second-order valence-electron chi connectivity index (χ2n) is 4.33. The quantitative estimate of drug-likeness (QED) is 0.324. The Morgan fingerprint density at radius 1 is 0.692 bits per heavy atom. The Balaban J connectivity index is 0. The van der Waals surface area contributed by atoms with Crippen LogP contribution in [0.1, 0.15) is 13.8 Å². The first-order chi connectivity index (χ1) is 12.1. The van der Waals surface area contributed by atoms with E-state index in [4.69, 9.17) is 29.3 Å². The van der Waals surface area contributed by atoms with E-state index < -0.39 is 11.9 Å². The molecular weight excluding hydrogens is 566 g/mol. The standard InChI is InChI=1S/2C7H8IO.2C2H4O2/c2*1-9-7-4-2-6(8)3-5-7;2*1-2(3)4/h2*2-5,8H,1H3;2*1H3,(H,3,4)/q2*+1;;/p-2. The van der Waals surface area contributed by atoms with Gasteiger partial charge in [-0.1, -0.05) is 0 Å². The van der Waals surface area contributed by atoms with E-state index in [2.05, 4.69) is 0 Å². The molecule has 0 aromatic heterocycles. The Morgan fingerprint density at radius 2 is 0.885 bits per heavy atom. The minimum Gasteiger partial charge on any atom is -0.550 e. The van der Waals surface area contributed by atoms with E-state index in [9.17, 15) is 0 Å². The predicted molar refractivity (Wildman–Crippen MR) is 87.5 cm³/mol. The summed E-state index contributed by atoms with van der Waals surface area (Å²) in [5, 5.41) is 17.8. The van der Waals surface area contributed by atoms with E-state index in [-0.39, 0.29) is 0 Å². The molecule has 0 bridgehead atoms. The first-order valence-corrected chi connectivity index (χ1v) is 9.42. The second kappa shape index (κ2) is 16.9. The van der Waals surface area contributed by atoms with E-state index in [1.165, 1.54) is 7.14 Å². The zero-order chi connectivity index (χ0) is 20.5. The van der Waals surface area contributed by atoms with Crippen LogP contribution in [0, 0.1) is 7.14 Å². The number of ether oxygens (including phenoxy) is 2. The normalized spacial score (nSPS) is 8.23. The number of carboxylic acid groups (broad SMARTS) is 2. The first kappa shape index (κ1) is 26.7. The number of rotatable bonds is 2. The zero-order valence-corrected chi connectivity index (χ0v) is 19.5. The van der Waals surface area contributed by atoms with Crippen LogP contribution in [0.4, 0.5) is 0 Å². The van der Waals surface area contributed by atoms with Crippen LogP contribution in [-0.4, -0.2) is 26.2 Å². The van der Waals surface area contributed by atoms with E-state index in [0.29, 0.717) is 0 Å². The van der Waals surface area contributed by atoms with Crippen molar-refractivity contribution in [3.05, 3.63) is 55.7 Å². The SMILES string of the molecule is CC(=O)[O-].CC(=O)[O-].COc1ccc([IH+])cc1.COc1ccc([IH+])cc1. The highest BCUT2D eigenvalue weighted by atomic mass is 127. The lowest BCUT2D eigenvalue weighted by atomic mass is 10.3. The third-order valence-electron chi connectivity index (χ3n) is 2.12. The minimum atomic E-state index is -1.08. The third-order valence-corrected chi connectivity index (χ3v) is 3.67. The van der Waals surface area contributed by atoms with Crippen LogP contribution in [0.5, 0.6) is 11.5 Å². The summed E-state index contributed by atoms with van der Waals surface area (Å²) in [5.41, 5.74) is 0. The van der Waals surface area contributed by atoms with Crippen molar-refractivity contribution in [3.8, 4) is 11.5 Å². The Bertz CT molecular complexity index is 562. The lowest BCUT2D eigenvalue weighted by Gasteiger charge is -1.94. The molecule has 0 fully saturated rings. The maximum absolute atomic E-state index is 8.89. The fourth-order valence-electron chi connectivity index (χ4n) is 1.15. The topological polar surface area (TPSA) is 98.7 Å². The van der Waals surface area contributed by atoms with Gasteiger partial charge < -0.3 is 29.3 Å². The van der Waals surface area contributed by atoms with Gasteiger partial charge in [0.05, 0.1) is 14.2 Å². The van der Waals surface area contributed by atoms with Gasteiger partial charge in [0.1, 0.15) is 11.5 Å². The number of aliphatic carboxylic acids is 2. The fourth-order valence-corrected chi connectivity index (χ4v) is 1.93. The molecule has 0 unspecified atom stereocenters. The van der Waals surface area contributed by atoms with Gasteiger partial charge in [0.2, 0.25) is 0 Å². The number of carbonyl (C=O) groups excluding carboxylic acids is 2. The van der Waals surface area contributed by atoms with Gasteiger partial charge in [0.25, 0.3) is 45.2 Å². The Morgan fingerprint density at radius 3 is 1.04 bits per heavy atom. The van der Waals surface area contributed by atoms with Crippen LogP contribution >= 0.6 is 0 Å². The maximum atomic E-state index is 8.89. The summed E-state index contributed by atoms with van der Waals surface area (Å²) in [6.07, 6.45) is 0. The first-order valence-electron chi connectivity index (χ1n) is 7.09. The van der Waals surface area contributed by atoms with E-state index in [1.54, 1.807) is 14.2 Å². The predicted octanol–water partition coefficient (Wildman–Crippen LogP) is -6.19. The molecule has 0 radical (unpaired) electrons. The van der Waals surface area contributed by atoms with Crippen molar-refractivity contribution in [3.63, 3.8) is 0 Å². The van der Waals surface area contributed by atoms with Crippen molar-refractivity contribution in [2.75, 3.05) is 14.2 Å². The van der Waals surface area contributed by atoms with Gasteiger partial charge in [-0.15, -0.1) is 0 Å². The number of hydrogen-bond donors (Lipinski definition) is 0. The molecule has 0 atom stereocenters. The lowest BCUT2D eigenvalue weighted by Crippen LogP contribution is -3.34. The number of methoxy groups -OCH3 is 2. The number of carboxylic acids is 2. The van der Waals surface area contributed by atoms with Gasteiger partial charge >= 0.3 is 0 Å². The molecule has 0 aliphatic heterocycles. The van der Waals surface area contributed by atoms with E-state index in [1.807, 2.05) is 93.7 Å². The van der Waals surface area contributed by atoms with Crippen molar-refractivity contribution in [1.82, 2.24) is 0 Å². The Hall–Kier alpha value is -1.56. The molecule has 8 heteroatoms. The summed E-state index contributed by atoms with van der Waals surface area (Å²) >= 11 is 3.98. The molecular formula is C18H22I2O6. The van der Waals surface area contributed by atoms with Crippen molar-refractivity contribution >= 4 is 11.9 Å². The Kier molecular flexibility index (Phi) is 17.3. The van der Waals surface area contributed by atoms with Gasteiger partial charge in [-0.25, -0.2) is 0 Å². The largest absolute Gasteiger partial charge is 0.550 e. The van der Waals surface area contributed by atoms with E-state index in [0.717, 1.165) is 25.3 Å². The average Bonchev–Trinajstić information content (AvgIpc) is 2.56. The molecule has 0 spiro atoms. The van der Waals surface area contributed by atoms with Gasteiger partial charge in [0, 0.05) is 11.9 Å². The van der Waals surface area contributed by atoms with Crippen molar-refractivity contribution in [2.24, 2.45) is 0 Å². The molecule has 2 rings (SSSR count). The monoisotopic (exact) mass is 588 g/mol. The second-order valence-corrected chi connectivity index (χ2v) is 7.03. The van der Waals surface area contributed by atoms with Crippen LogP contribution in [-0.2, 0) is 9.59 Å². The van der Waals surface area contributed by atoms with Crippen LogP contribution in [0.25, 0.3) is 0 Å². The third kappa shape index (κ3) is 20.5. The summed E-state index contributed by atoms with van der Waals surface area (Å²) in [5.74, 6) is -0.329. The molecule has 144 valence electrons. The molecule has 0 aliphatic carbocycles. The maximum Gasteiger partial charge on any atom is 0.296 e. The van der Waals surface area contributed by atoms with Crippen LogP contribution in [0.2, 0.25) is 0 Å². The van der Waals surface area contributed by atoms with Gasteiger partial charge in [-0.2, -0.15) is 0 Å². The molecule has 2 aromatic rings. The van der Waals surface area contributed by atoms with Crippen LogP contribution in [0.15, 0.2) is 48.5 Å². The van der Waals surface area contributed by atoms with Gasteiger partial charge in [0.15, 0.2) is 7.14 Å². The average molecular weight is 588 g/mol. The summed E-state index contributed by atoms with van der Waals surface area (Å²) < 4.78 is 12.5. The summed E-state index contributed by atoms with van der Waals surface area (Å²) in [7, 11) is 3.34. The molecule has 0 aliphatic rings. The van der Waals surface area contributed by atoms with Crippen molar-refractivity contribution < 1.29 is 74.5 Å². The molecule has 0 amide bonds. The Labute approximate surface area is 180 Å². The molecule has 0 N–H and O–H groups in total.